The van der Waals surface area contributed by atoms with Gasteiger partial charge in [0.25, 0.3) is 0 Å². The first kappa shape index (κ1) is 33.2. The van der Waals surface area contributed by atoms with Gasteiger partial charge in [0.1, 0.15) is 17.3 Å². The molecule has 1 aliphatic heterocycles. The summed E-state index contributed by atoms with van der Waals surface area (Å²) < 4.78 is 31.5. The topological polar surface area (TPSA) is 150 Å². The van der Waals surface area contributed by atoms with Gasteiger partial charge in [-0.05, 0) is 50.3 Å². The maximum absolute atomic E-state index is 13.5. The Hall–Kier alpha value is -2.28. The Morgan fingerprint density at radius 3 is 2.49 bits per heavy atom. The first-order valence-electron chi connectivity index (χ1n) is 17.4. The number of likely N-dealkylation sites (N-methyl/N-ethyl adjacent to an activating group) is 1. The van der Waals surface area contributed by atoms with Crippen molar-refractivity contribution < 1.29 is 43.5 Å². The lowest BCUT2D eigenvalue weighted by molar-refractivity contribution is -0.319. The van der Waals surface area contributed by atoms with Crippen LogP contribution >= 0.6 is 0 Å². The summed E-state index contributed by atoms with van der Waals surface area (Å²) in [5.74, 6) is -2.27. The van der Waals surface area contributed by atoms with E-state index >= 15 is 0 Å². The molecule has 2 unspecified atom stereocenters. The van der Waals surface area contributed by atoms with Gasteiger partial charge in [-0.25, -0.2) is 4.79 Å². The summed E-state index contributed by atoms with van der Waals surface area (Å²) in [6.07, 6.45) is 0.731. The Balaban J connectivity index is 1.39. The highest BCUT2D eigenvalue weighted by Gasteiger charge is 2.92. The first-order valence-corrected chi connectivity index (χ1v) is 17.4. The van der Waals surface area contributed by atoms with Crippen molar-refractivity contribution in [3.63, 3.8) is 0 Å². The number of fused-ring (bicyclic) bond motifs is 2. The number of likely N-dealkylation sites (tertiary alicyclic amines) is 1. The van der Waals surface area contributed by atoms with Crippen molar-refractivity contribution in [2.24, 2.45) is 40.4 Å². The lowest BCUT2D eigenvalue weighted by atomic mass is 9.42. The lowest BCUT2D eigenvalue weighted by Gasteiger charge is -2.70. The van der Waals surface area contributed by atoms with E-state index in [-0.39, 0.29) is 48.8 Å². The van der Waals surface area contributed by atoms with Crippen molar-refractivity contribution in [3.05, 3.63) is 29.8 Å². The molecule has 1 heterocycles. The van der Waals surface area contributed by atoms with Gasteiger partial charge in [0, 0.05) is 68.6 Å². The average molecular weight is 657 g/mol. The zero-order valence-electron chi connectivity index (χ0n) is 28.5. The van der Waals surface area contributed by atoms with Crippen LogP contribution in [0.2, 0.25) is 0 Å². The Morgan fingerprint density at radius 1 is 1.11 bits per heavy atom. The van der Waals surface area contributed by atoms with Crippen molar-refractivity contribution in [2.75, 3.05) is 46.8 Å². The minimum Gasteiger partial charge on any atom is -0.461 e. The number of aliphatic hydroxyl groups is 2. The molecule has 1 aromatic carbocycles. The SMILES string of the molecule is CC[C@H](C)C(=O)O[C@H]1[C@@H]2C[C@@H]3[C@H]1[C@](O)(C[C@@H]2OC)[C@]1(O)[C@H](OC)C2C4(COC(=O)c5ccccc5N)CC[C@H](OC)[C@@]23[C@H]1N(CC)C4. The number of carbonyl (C=O) groups excluding carboxylic acids is 2. The third kappa shape index (κ3) is 4.01. The standard InChI is InChI=1S/C36H52N2O9/c1-7-19(3)30(39)47-27-21-15-22-26(27)34(41,16-24(21)43-4)36(42)29(45-6)28-33(18-46-31(40)20-11-9-10-12-23(20)37)14-13-25(44-5)35(22,28)32(36)38(8-2)17-33/h9-12,19,21-22,24-29,32,41-42H,7-8,13-18,37H2,1-6H3/t19-,21+,22+,24-,25-,26+,27-,28?,29+,32+,33?,34+,35+,36-/m0/s1. The molecule has 11 nitrogen and oxygen atoms in total. The van der Waals surface area contributed by atoms with Gasteiger partial charge in [-0.2, -0.15) is 0 Å². The van der Waals surface area contributed by atoms with Crippen LogP contribution in [0, 0.1) is 40.4 Å². The summed E-state index contributed by atoms with van der Waals surface area (Å²) in [6.45, 7) is 7.16. The number of nitrogen functional groups attached to an aromatic ring is 1. The number of para-hydroxylation sites is 1. The lowest BCUT2D eigenvalue weighted by Crippen LogP contribution is -2.82. The van der Waals surface area contributed by atoms with Crippen molar-refractivity contribution in [3.8, 4) is 0 Å². The predicted octanol–water partition coefficient (Wildman–Crippen LogP) is 2.66. The second kappa shape index (κ2) is 11.4. The number of hydrogen-bond acceptors (Lipinski definition) is 11. The summed E-state index contributed by atoms with van der Waals surface area (Å²) >= 11 is 0. The van der Waals surface area contributed by atoms with E-state index in [0.717, 1.165) is 0 Å². The number of anilines is 1. The van der Waals surface area contributed by atoms with Gasteiger partial charge >= 0.3 is 11.9 Å². The third-order valence-corrected chi connectivity index (χ3v) is 14.0. The zero-order chi connectivity index (χ0) is 33.7. The van der Waals surface area contributed by atoms with Crippen molar-refractivity contribution in [1.29, 1.82) is 0 Å². The molecule has 0 aromatic heterocycles. The van der Waals surface area contributed by atoms with E-state index in [2.05, 4.69) is 11.8 Å². The van der Waals surface area contributed by atoms with E-state index < -0.39 is 58.3 Å². The number of rotatable bonds is 10. The monoisotopic (exact) mass is 656 g/mol. The Labute approximate surface area is 277 Å². The van der Waals surface area contributed by atoms with Crippen molar-refractivity contribution >= 4 is 17.6 Å². The minimum atomic E-state index is -1.76. The molecule has 14 atom stereocenters. The van der Waals surface area contributed by atoms with Crippen LogP contribution in [0.5, 0.6) is 0 Å². The quantitative estimate of drug-likeness (QED) is 0.252. The molecule has 4 N–H and O–H groups in total. The average Bonchev–Trinajstić information content (AvgIpc) is 3.46. The summed E-state index contributed by atoms with van der Waals surface area (Å²) in [5.41, 5.74) is 2.08. The van der Waals surface area contributed by atoms with Crippen molar-refractivity contribution in [2.45, 2.75) is 94.5 Å². The molecule has 7 bridgehead atoms. The van der Waals surface area contributed by atoms with Gasteiger partial charge in [0.05, 0.1) is 42.4 Å². The number of ether oxygens (including phenoxy) is 5. The normalized spacial score (nSPS) is 46.6. The number of esters is 2. The van der Waals surface area contributed by atoms with E-state index in [1.807, 2.05) is 13.8 Å². The molecular formula is C36H52N2O9. The van der Waals surface area contributed by atoms with E-state index in [1.165, 1.54) is 0 Å². The molecule has 7 rings (SSSR count). The van der Waals surface area contributed by atoms with Crippen LogP contribution in [0.15, 0.2) is 24.3 Å². The van der Waals surface area contributed by atoms with Gasteiger partial charge < -0.3 is 39.6 Å². The maximum Gasteiger partial charge on any atom is 0.340 e. The second-order valence-corrected chi connectivity index (χ2v) is 15.4. The number of nitrogens with zero attached hydrogens (tertiary/aromatic N) is 1. The van der Waals surface area contributed by atoms with Gasteiger partial charge in [-0.15, -0.1) is 0 Å². The fraction of sp³-hybridized carbons (Fsp3) is 0.778. The largest absolute Gasteiger partial charge is 0.461 e. The highest BCUT2D eigenvalue weighted by Crippen LogP contribution is 2.80. The molecule has 1 aromatic rings. The van der Waals surface area contributed by atoms with Crippen LogP contribution in [0.3, 0.4) is 0 Å². The minimum absolute atomic E-state index is 0.106. The molecule has 0 amide bonds. The molecular weight excluding hydrogens is 604 g/mol. The van der Waals surface area contributed by atoms with Crippen molar-refractivity contribution in [1.82, 2.24) is 4.90 Å². The molecule has 6 aliphatic rings. The van der Waals surface area contributed by atoms with Crippen LogP contribution < -0.4 is 5.73 Å². The van der Waals surface area contributed by atoms with E-state index in [0.29, 0.717) is 50.0 Å². The van der Waals surface area contributed by atoms with Gasteiger partial charge in [-0.1, -0.05) is 32.9 Å². The second-order valence-electron chi connectivity index (χ2n) is 15.4. The first-order chi connectivity index (χ1) is 22.4. The number of benzene rings is 1. The number of hydrogen-bond donors (Lipinski definition) is 3. The smallest absolute Gasteiger partial charge is 0.340 e. The molecule has 6 fully saturated rings. The molecule has 5 saturated carbocycles. The van der Waals surface area contributed by atoms with Crippen LogP contribution in [0.1, 0.15) is 63.2 Å². The highest BCUT2D eigenvalue weighted by atomic mass is 16.6. The van der Waals surface area contributed by atoms with Crippen LogP contribution in [-0.4, -0.2) is 110 Å². The van der Waals surface area contributed by atoms with E-state index in [9.17, 15) is 19.8 Å². The van der Waals surface area contributed by atoms with Crippen LogP contribution in [-0.2, 0) is 28.5 Å². The maximum atomic E-state index is 13.5. The number of nitrogens with two attached hydrogens (primary N) is 1. The Kier molecular flexibility index (Phi) is 8.05. The summed E-state index contributed by atoms with van der Waals surface area (Å²) in [5, 5.41) is 26.8. The molecule has 1 spiro atoms. The highest BCUT2D eigenvalue weighted by molar-refractivity contribution is 5.95. The fourth-order valence-corrected chi connectivity index (χ4v) is 12.2. The van der Waals surface area contributed by atoms with Gasteiger partial charge in [-0.3, -0.25) is 9.69 Å². The zero-order valence-corrected chi connectivity index (χ0v) is 28.5. The predicted molar refractivity (Wildman–Crippen MR) is 171 cm³/mol. The molecule has 5 aliphatic carbocycles. The number of piperidine rings is 1. The van der Waals surface area contributed by atoms with E-state index in [4.69, 9.17) is 29.4 Å². The summed E-state index contributed by atoms with van der Waals surface area (Å²) in [4.78, 5) is 29.2. The molecule has 47 heavy (non-hydrogen) atoms. The molecule has 11 heteroatoms. The fourth-order valence-electron chi connectivity index (χ4n) is 12.2. The Morgan fingerprint density at radius 2 is 1.85 bits per heavy atom. The van der Waals surface area contributed by atoms with Gasteiger partial charge in [0.2, 0.25) is 0 Å². The van der Waals surface area contributed by atoms with Gasteiger partial charge in [0.15, 0.2) is 0 Å². The summed E-state index contributed by atoms with van der Waals surface area (Å²) in [7, 11) is 4.97. The van der Waals surface area contributed by atoms with Crippen LogP contribution in [0.25, 0.3) is 0 Å². The molecule has 0 radical (unpaired) electrons. The number of methoxy groups -OCH3 is 3. The van der Waals surface area contributed by atoms with Crippen LogP contribution in [0.4, 0.5) is 5.69 Å². The summed E-state index contributed by atoms with van der Waals surface area (Å²) in [6, 6.07) is 6.39. The number of carbonyl (C=O) groups is 2. The molecule has 260 valence electrons. The molecule has 1 saturated heterocycles. The van der Waals surface area contributed by atoms with E-state index in [1.54, 1.807) is 45.6 Å². The third-order valence-electron chi connectivity index (χ3n) is 14.0. The Bertz CT molecular complexity index is 1410.